The van der Waals surface area contributed by atoms with Crippen LogP contribution in [0.25, 0.3) is 10.9 Å². The summed E-state index contributed by atoms with van der Waals surface area (Å²) in [5, 5.41) is 1.11. The fraction of sp³-hybridized carbons (Fsp3) is 0.438. The lowest BCUT2D eigenvalue weighted by Crippen LogP contribution is -2.24. The van der Waals surface area contributed by atoms with E-state index in [-0.39, 0.29) is 0 Å². The fourth-order valence-corrected chi connectivity index (χ4v) is 2.92. The van der Waals surface area contributed by atoms with Crippen LogP contribution in [0.5, 0.6) is 0 Å². The van der Waals surface area contributed by atoms with E-state index < -0.39 is 0 Å². The number of benzene rings is 1. The molecule has 0 fully saturated rings. The molecule has 1 aromatic carbocycles. The Morgan fingerprint density at radius 2 is 2.06 bits per heavy atom. The van der Waals surface area contributed by atoms with Gasteiger partial charge in [0.1, 0.15) is 0 Å². The van der Waals surface area contributed by atoms with E-state index in [1.165, 1.54) is 23.2 Å². The maximum absolute atomic E-state index is 6.34. The number of hydrogen-bond acceptors (Lipinski definition) is 2. The standard InChI is InChI=1S/C16H20N2/c1-10-4-5-11-13(8-10)18-14-9-16(2,3)7-6-12(14)15(11)17/h4-5,8H,6-7,9H2,1-3H3,(H2,17,18). The Kier molecular flexibility index (Phi) is 2.37. The molecule has 94 valence electrons. The number of fused-ring (bicyclic) bond motifs is 2. The zero-order valence-corrected chi connectivity index (χ0v) is 11.4. The maximum atomic E-state index is 6.34. The lowest BCUT2D eigenvalue weighted by atomic mass is 9.75. The molecule has 0 atom stereocenters. The summed E-state index contributed by atoms with van der Waals surface area (Å²) < 4.78 is 0. The first-order valence-corrected chi connectivity index (χ1v) is 6.64. The summed E-state index contributed by atoms with van der Waals surface area (Å²) in [6.07, 6.45) is 3.30. The van der Waals surface area contributed by atoms with E-state index >= 15 is 0 Å². The van der Waals surface area contributed by atoms with Gasteiger partial charge in [-0.2, -0.15) is 0 Å². The average Bonchev–Trinajstić information content (AvgIpc) is 2.27. The minimum atomic E-state index is 0.351. The van der Waals surface area contributed by atoms with E-state index in [1.54, 1.807) is 0 Å². The van der Waals surface area contributed by atoms with Crippen molar-refractivity contribution in [1.29, 1.82) is 0 Å². The van der Waals surface area contributed by atoms with Gasteiger partial charge in [0.25, 0.3) is 0 Å². The van der Waals surface area contributed by atoms with Crippen molar-refractivity contribution in [1.82, 2.24) is 4.98 Å². The molecule has 2 nitrogen and oxygen atoms in total. The summed E-state index contributed by atoms with van der Waals surface area (Å²) in [6.45, 7) is 6.73. The molecule has 3 rings (SSSR count). The Bertz CT molecular complexity index is 627. The summed E-state index contributed by atoms with van der Waals surface area (Å²) in [5.74, 6) is 0. The van der Waals surface area contributed by atoms with Gasteiger partial charge in [-0.15, -0.1) is 0 Å². The Morgan fingerprint density at radius 1 is 1.28 bits per heavy atom. The highest BCUT2D eigenvalue weighted by Crippen LogP contribution is 2.38. The molecule has 1 aromatic heterocycles. The highest BCUT2D eigenvalue weighted by Gasteiger charge is 2.28. The first-order chi connectivity index (χ1) is 8.46. The monoisotopic (exact) mass is 240 g/mol. The third kappa shape index (κ3) is 1.76. The summed E-state index contributed by atoms with van der Waals surface area (Å²) in [7, 11) is 0. The topological polar surface area (TPSA) is 38.9 Å². The molecule has 18 heavy (non-hydrogen) atoms. The minimum absolute atomic E-state index is 0.351. The van der Waals surface area contributed by atoms with Crippen LogP contribution in [0.4, 0.5) is 5.69 Å². The number of rotatable bonds is 0. The van der Waals surface area contributed by atoms with Crippen LogP contribution in [-0.2, 0) is 12.8 Å². The zero-order chi connectivity index (χ0) is 12.9. The Balaban J connectivity index is 2.26. The van der Waals surface area contributed by atoms with E-state index in [2.05, 4.69) is 39.0 Å². The van der Waals surface area contributed by atoms with Gasteiger partial charge >= 0.3 is 0 Å². The van der Waals surface area contributed by atoms with E-state index in [1.807, 2.05) is 0 Å². The second-order valence-corrected chi connectivity index (χ2v) is 6.31. The van der Waals surface area contributed by atoms with Gasteiger partial charge in [-0.25, -0.2) is 0 Å². The molecule has 2 aromatic rings. The van der Waals surface area contributed by atoms with E-state index in [0.29, 0.717) is 5.41 Å². The van der Waals surface area contributed by atoms with Gasteiger partial charge in [0, 0.05) is 16.8 Å². The van der Waals surface area contributed by atoms with Crippen LogP contribution in [-0.4, -0.2) is 4.98 Å². The van der Waals surface area contributed by atoms with Crippen molar-refractivity contribution in [3.63, 3.8) is 0 Å². The van der Waals surface area contributed by atoms with Gasteiger partial charge in [-0.05, 0) is 48.8 Å². The number of nitrogen functional groups attached to an aromatic ring is 1. The summed E-state index contributed by atoms with van der Waals surface area (Å²) in [4.78, 5) is 4.85. The van der Waals surface area contributed by atoms with Crippen LogP contribution in [0.2, 0.25) is 0 Å². The van der Waals surface area contributed by atoms with Crippen LogP contribution in [0.1, 0.15) is 37.1 Å². The molecule has 1 heterocycles. The van der Waals surface area contributed by atoms with Crippen LogP contribution >= 0.6 is 0 Å². The molecule has 2 N–H and O–H groups in total. The molecule has 0 saturated heterocycles. The SMILES string of the molecule is Cc1ccc2c(N)c3c(nc2c1)CC(C)(C)CC3. The zero-order valence-electron chi connectivity index (χ0n) is 11.4. The van der Waals surface area contributed by atoms with Crippen molar-refractivity contribution < 1.29 is 0 Å². The van der Waals surface area contributed by atoms with E-state index in [0.717, 1.165) is 29.4 Å². The lowest BCUT2D eigenvalue weighted by Gasteiger charge is -2.31. The van der Waals surface area contributed by atoms with Crippen LogP contribution in [0.15, 0.2) is 18.2 Å². The molecular weight excluding hydrogens is 220 g/mol. The van der Waals surface area contributed by atoms with Crippen LogP contribution < -0.4 is 5.73 Å². The molecule has 0 bridgehead atoms. The Hall–Kier alpha value is -1.57. The highest BCUT2D eigenvalue weighted by atomic mass is 14.7. The number of pyridine rings is 1. The Labute approximate surface area is 108 Å². The Morgan fingerprint density at radius 3 is 2.83 bits per heavy atom. The molecule has 0 saturated carbocycles. The molecule has 2 heteroatoms. The third-order valence-corrected chi connectivity index (χ3v) is 4.07. The fourth-order valence-electron chi connectivity index (χ4n) is 2.92. The van der Waals surface area contributed by atoms with Crippen molar-refractivity contribution in [2.45, 2.75) is 40.0 Å². The average molecular weight is 240 g/mol. The molecule has 0 unspecified atom stereocenters. The maximum Gasteiger partial charge on any atom is 0.0728 e. The smallest absolute Gasteiger partial charge is 0.0728 e. The van der Waals surface area contributed by atoms with E-state index in [9.17, 15) is 0 Å². The normalized spacial score (nSPS) is 17.7. The molecule has 1 aliphatic rings. The van der Waals surface area contributed by atoms with Crippen molar-refractivity contribution in [2.24, 2.45) is 5.41 Å². The van der Waals surface area contributed by atoms with Crippen molar-refractivity contribution >= 4 is 16.6 Å². The number of hydrogen-bond donors (Lipinski definition) is 1. The van der Waals surface area contributed by atoms with Gasteiger partial charge < -0.3 is 5.73 Å². The van der Waals surface area contributed by atoms with Gasteiger partial charge in [0.05, 0.1) is 5.52 Å². The third-order valence-electron chi connectivity index (χ3n) is 4.07. The van der Waals surface area contributed by atoms with Crippen LogP contribution in [0, 0.1) is 12.3 Å². The van der Waals surface area contributed by atoms with Crippen molar-refractivity contribution in [2.75, 3.05) is 5.73 Å². The largest absolute Gasteiger partial charge is 0.398 e. The van der Waals surface area contributed by atoms with Crippen molar-refractivity contribution in [3.8, 4) is 0 Å². The number of aryl methyl sites for hydroxylation is 1. The minimum Gasteiger partial charge on any atom is -0.398 e. The predicted molar refractivity (Wildman–Crippen MR) is 76.7 cm³/mol. The van der Waals surface area contributed by atoms with Crippen LogP contribution in [0.3, 0.4) is 0 Å². The number of aromatic nitrogens is 1. The van der Waals surface area contributed by atoms with Gasteiger partial charge in [0.2, 0.25) is 0 Å². The predicted octanol–water partition coefficient (Wildman–Crippen LogP) is 3.64. The lowest BCUT2D eigenvalue weighted by molar-refractivity contribution is 0.312. The summed E-state index contributed by atoms with van der Waals surface area (Å²) in [6, 6.07) is 6.35. The van der Waals surface area contributed by atoms with Gasteiger partial charge in [0.15, 0.2) is 0 Å². The highest BCUT2D eigenvalue weighted by molar-refractivity contribution is 5.92. The summed E-state index contributed by atoms with van der Waals surface area (Å²) in [5.41, 5.74) is 12.4. The van der Waals surface area contributed by atoms with Gasteiger partial charge in [-0.1, -0.05) is 26.0 Å². The number of nitrogens with zero attached hydrogens (tertiary/aromatic N) is 1. The van der Waals surface area contributed by atoms with Crippen molar-refractivity contribution in [3.05, 3.63) is 35.0 Å². The first kappa shape index (κ1) is 11.5. The molecule has 1 aliphatic carbocycles. The first-order valence-electron chi connectivity index (χ1n) is 6.64. The summed E-state index contributed by atoms with van der Waals surface area (Å²) >= 11 is 0. The molecule has 0 spiro atoms. The van der Waals surface area contributed by atoms with E-state index in [4.69, 9.17) is 10.7 Å². The molecule has 0 aliphatic heterocycles. The second kappa shape index (κ2) is 3.71. The molecular formula is C16H20N2. The van der Waals surface area contributed by atoms with Gasteiger partial charge in [-0.3, -0.25) is 4.98 Å². The second-order valence-electron chi connectivity index (χ2n) is 6.31. The number of nitrogens with two attached hydrogens (primary N) is 1. The quantitative estimate of drug-likeness (QED) is 0.763. The number of anilines is 1. The molecule has 0 radical (unpaired) electrons. The molecule has 0 amide bonds.